The molecule has 12 aliphatic heterocycles. The fourth-order valence-electron chi connectivity index (χ4n) is 24.3. The lowest BCUT2D eigenvalue weighted by Crippen LogP contribution is -2.60. The summed E-state index contributed by atoms with van der Waals surface area (Å²) in [6.45, 7) is 69.9. The van der Waals surface area contributed by atoms with Crippen molar-refractivity contribution >= 4 is 29.5 Å². The average molecular weight is 2020 g/mol. The van der Waals surface area contributed by atoms with E-state index in [9.17, 15) is 56.1 Å². The highest BCUT2D eigenvalue weighted by Crippen LogP contribution is 2.46. The average Bonchev–Trinajstić information content (AvgIpc) is 0.965. The molecule has 15 rings (SSSR count). The summed E-state index contributed by atoms with van der Waals surface area (Å²) in [5.74, 6) is 10.0. The summed E-state index contributed by atoms with van der Waals surface area (Å²) >= 11 is 0. The van der Waals surface area contributed by atoms with Crippen LogP contribution in [0.5, 0.6) is 0 Å². The fraction of sp³-hybridized carbons (Fsp3) is 0.949. The van der Waals surface area contributed by atoms with E-state index < -0.39 is 41.5 Å². The number of fused-ring (bicyclic) bond motifs is 2. The van der Waals surface area contributed by atoms with Gasteiger partial charge in [0, 0.05) is 123 Å². The highest BCUT2D eigenvalue weighted by Gasteiger charge is 2.49. The number of carbonyl (C=O) groups is 5. The molecule has 3 aliphatic carbocycles. The summed E-state index contributed by atoms with van der Waals surface area (Å²) in [6, 6.07) is 4.55. The van der Waals surface area contributed by atoms with Gasteiger partial charge in [-0.2, -0.15) is 18.4 Å². The third kappa shape index (κ3) is 46.1. The minimum Gasteiger partial charge on any atom is -0.390 e. The zero-order valence-electron chi connectivity index (χ0n) is 95.1. The highest BCUT2D eigenvalue weighted by atomic mass is 19.4. The van der Waals surface area contributed by atoms with Crippen LogP contribution in [0.3, 0.4) is 0 Å². The van der Waals surface area contributed by atoms with Crippen molar-refractivity contribution in [3.63, 3.8) is 0 Å². The standard InChI is InChI=1S/C18H32N2O2.C13H23NO.C12H22N2.2C12H24O.C11H19NO2.C11H21N.C10H19NO2.C9H14F3NO.C9H17F2N/c1-18(2,3)14-7-10-19(11-8-14)17(21)16-6-4-5-9-20(16)15-12-22-13-15;1-10(2)12-5-4-11(8-12)9-13(15)14-6-3-7-14;1-11(2)12-6-3-4-8-14(10-12)9-5-7-13;2*1-9(2)10-5-7-11(8-6-10)12(3,4)13;1-9-2-5-12(6-3-9)11(13)10-4-7-14-8-10;1-11(2,3)8-6-9-4-5-10(7-8)12-9;1-9-3-6-11(7-4-9)10(12)5-8-13-2;1-7-2-4-13(5-3-7)8(14)6-9(10,11)12;1-8(2,3)7-4-5-12-6-9(7,10)11/h14-16H,4-13H2,1-3H3;10-12H,3-9H2,1-2H3;11-12H,3-6,8-10H2,1-2H3;2*9-11,13H,5-8H2,1-4H3;9-10H,2-8H2,1H3;8-10,12H,4-7H2,1-3H3;9H,3-8H2,1-2H3;7H,2-6H2,1H3;7,12H,4-6H2,1-3H3. The molecular formula is C117H215F5N10O10. The summed E-state index contributed by atoms with van der Waals surface area (Å²) in [7, 11) is 1.63. The van der Waals surface area contributed by atoms with Crippen LogP contribution in [0.15, 0.2) is 0 Å². The third-order valence-corrected chi connectivity index (χ3v) is 35.6. The Kier molecular flexibility index (Phi) is 55.0. The molecule has 142 heavy (non-hydrogen) atoms. The van der Waals surface area contributed by atoms with Crippen LogP contribution in [0.4, 0.5) is 22.0 Å². The minimum absolute atomic E-state index is 0.119. The molecule has 3 saturated carbocycles. The Labute approximate surface area is 863 Å². The maximum absolute atomic E-state index is 13.3. The third-order valence-electron chi connectivity index (χ3n) is 35.6. The molecule has 0 aromatic rings. The lowest BCUT2D eigenvalue weighted by Gasteiger charge is -2.46. The summed E-state index contributed by atoms with van der Waals surface area (Å²) in [5.41, 5.74) is -0.298. The maximum Gasteiger partial charge on any atom is 0.397 e. The van der Waals surface area contributed by atoms with Gasteiger partial charge in [-0.1, -0.05) is 151 Å². The van der Waals surface area contributed by atoms with Crippen LogP contribution in [0.25, 0.3) is 0 Å². The van der Waals surface area contributed by atoms with Crippen molar-refractivity contribution in [3.8, 4) is 6.07 Å². The normalized spacial score (nSPS) is 28.6. The van der Waals surface area contributed by atoms with Crippen LogP contribution in [0.2, 0.25) is 0 Å². The van der Waals surface area contributed by atoms with Crippen molar-refractivity contribution in [2.45, 2.75) is 445 Å². The minimum atomic E-state index is -4.37. The van der Waals surface area contributed by atoms with Crippen molar-refractivity contribution in [3.05, 3.63) is 0 Å². The molecule has 0 aromatic carbocycles. The number of alkyl halides is 5. The molecule has 15 aliphatic rings. The Morgan fingerprint density at radius 3 is 1.32 bits per heavy atom. The largest absolute Gasteiger partial charge is 0.397 e. The van der Waals surface area contributed by atoms with E-state index >= 15 is 0 Å². The van der Waals surface area contributed by atoms with Crippen molar-refractivity contribution in [1.29, 1.82) is 5.26 Å². The van der Waals surface area contributed by atoms with Gasteiger partial charge in [0.15, 0.2) is 0 Å². The molecule has 20 nitrogen and oxygen atoms in total. The SMILES string of the molecule is CC(C)(C)C1CC2CCC(C1)N2.CC(C)(C)C1CCN(C(=O)C2CCCCN2C2COC2)CC1.CC(C)(C)C1CCNCC1(F)F.CC(C)C1CCC(C(C)(C)O)CC1.CC(C)C1CCC(C(C)(C)O)CC1.CC(C)C1CCC(CC(=O)N2CCC2)C1.CC(C)C1CCCCN(CCC#N)C1.CC1CCN(C(=O)C2CCOC2)CC1.CC1CCN(C(=O)CC(F)(F)F)CC1.COCCC(=O)N1CCC(C)CC1. The molecule has 0 spiro atoms. The second-order valence-corrected chi connectivity index (χ2v) is 52.3. The van der Waals surface area contributed by atoms with Gasteiger partial charge in [0.2, 0.25) is 29.5 Å². The molecule has 828 valence electrons. The van der Waals surface area contributed by atoms with E-state index in [0.29, 0.717) is 104 Å². The first kappa shape index (κ1) is 127. The lowest BCUT2D eigenvalue weighted by atomic mass is 9.72. The second kappa shape index (κ2) is 61.6. The van der Waals surface area contributed by atoms with Crippen molar-refractivity contribution in [2.24, 2.45) is 123 Å². The Morgan fingerprint density at radius 2 is 0.915 bits per heavy atom. The smallest absolute Gasteiger partial charge is 0.390 e. The quantitative estimate of drug-likeness (QED) is 0.0994. The first-order chi connectivity index (χ1) is 66.5. The van der Waals surface area contributed by atoms with E-state index in [1.165, 1.54) is 166 Å². The topological polar surface area (TPSA) is 224 Å². The number of ether oxygens (including phenoxy) is 3. The van der Waals surface area contributed by atoms with E-state index in [1.807, 2.05) is 70.1 Å². The van der Waals surface area contributed by atoms with Gasteiger partial charge >= 0.3 is 6.18 Å². The number of halogens is 5. The van der Waals surface area contributed by atoms with Gasteiger partial charge in [0.1, 0.15) is 6.42 Å². The number of nitriles is 1. The highest BCUT2D eigenvalue weighted by molar-refractivity contribution is 5.82. The Hall–Kier alpha value is -3.87. The fourth-order valence-corrected chi connectivity index (χ4v) is 24.3. The number of aliphatic hydroxyl groups is 2. The number of hydrogen-bond donors (Lipinski definition) is 4. The van der Waals surface area contributed by atoms with E-state index in [1.54, 1.807) is 7.11 Å². The van der Waals surface area contributed by atoms with Crippen LogP contribution >= 0.6 is 0 Å². The Morgan fingerprint density at radius 1 is 0.458 bits per heavy atom. The summed E-state index contributed by atoms with van der Waals surface area (Å²) in [6.07, 6.45) is 34.9. The molecule has 5 amide bonds. The number of likely N-dealkylation sites (tertiary alicyclic amines) is 7. The zero-order valence-corrected chi connectivity index (χ0v) is 95.1. The Bertz CT molecular complexity index is 3480. The number of nitrogens with one attached hydrogen (secondary N) is 2. The van der Waals surface area contributed by atoms with Crippen LogP contribution < -0.4 is 10.6 Å². The van der Waals surface area contributed by atoms with Crippen LogP contribution in [-0.2, 0) is 38.2 Å². The second-order valence-electron chi connectivity index (χ2n) is 52.3. The number of nitrogens with zero attached hydrogens (tertiary/aromatic N) is 8. The molecule has 8 unspecified atom stereocenters. The van der Waals surface area contributed by atoms with Crippen LogP contribution in [0.1, 0.15) is 397 Å². The monoisotopic (exact) mass is 2020 g/mol. The molecule has 25 heteroatoms. The van der Waals surface area contributed by atoms with Crippen LogP contribution in [-0.4, -0.2) is 266 Å². The van der Waals surface area contributed by atoms with Gasteiger partial charge in [-0.05, 0) is 351 Å². The van der Waals surface area contributed by atoms with E-state index in [-0.39, 0.29) is 29.8 Å². The van der Waals surface area contributed by atoms with Crippen molar-refractivity contribution in [1.82, 2.24) is 44.9 Å². The van der Waals surface area contributed by atoms with E-state index in [4.69, 9.17) is 19.5 Å². The zero-order chi connectivity index (χ0) is 106. The molecule has 8 atom stereocenters. The summed E-state index contributed by atoms with van der Waals surface area (Å²) in [5, 5.41) is 34.7. The molecule has 2 bridgehead atoms. The predicted molar refractivity (Wildman–Crippen MR) is 570 cm³/mol. The van der Waals surface area contributed by atoms with Crippen LogP contribution in [0, 0.1) is 134 Å². The van der Waals surface area contributed by atoms with Gasteiger partial charge in [-0.15, -0.1) is 0 Å². The number of methoxy groups -OCH3 is 1. The van der Waals surface area contributed by atoms with Gasteiger partial charge in [-0.3, -0.25) is 28.9 Å². The maximum atomic E-state index is 13.3. The Balaban J connectivity index is 0.000000243. The molecule has 4 N–H and O–H groups in total. The van der Waals surface area contributed by atoms with Gasteiger partial charge in [-0.25, -0.2) is 8.78 Å². The predicted octanol–water partition coefficient (Wildman–Crippen LogP) is 23.9. The van der Waals surface area contributed by atoms with Gasteiger partial charge in [0.25, 0.3) is 5.92 Å². The van der Waals surface area contributed by atoms with Crippen molar-refractivity contribution in [2.75, 3.05) is 145 Å². The first-order valence-electron chi connectivity index (χ1n) is 57.7. The lowest BCUT2D eigenvalue weighted by molar-refractivity contribution is -0.162. The number of rotatable bonds is 17. The molecule has 12 heterocycles. The number of hydrogen-bond acceptors (Lipinski definition) is 15. The number of piperidine rings is 7. The number of carbonyl (C=O) groups excluding carboxylic acids is 5. The molecular weight excluding hydrogens is 1800 g/mol. The molecule has 0 radical (unpaired) electrons. The van der Waals surface area contributed by atoms with E-state index in [0.717, 1.165) is 233 Å². The molecule has 15 fully saturated rings. The number of amides is 5. The first-order valence-corrected chi connectivity index (χ1v) is 57.7. The summed E-state index contributed by atoms with van der Waals surface area (Å²) in [4.78, 5) is 73.7. The molecule has 0 aromatic heterocycles. The van der Waals surface area contributed by atoms with Gasteiger partial charge in [0.05, 0.1) is 74.7 Å². The molecule has 12 saturated heterocycles. The summed E-state index contributed by atoms with van der Waals surface area (Å²) < 4.78 is 77.7. The van der Waals surface area contributed by atoms with E-state index in [2.05, 4.69) is 142 Å². The van der Waals surface area contributed by atoms with Gasteiger partial charge < -0.3 is 64.5 Å². The van der Waals surface area contributed by atoms with Crippen molar-refractivity contribution < 1.29 is 70.3 Å².